The van der Waals surface area contributed by atoms with Crippen molar-refractivity contribution >= 4 is 5.96 Å². The Morgan fingerprint density at radius 1 is 1.32 bits per heavy atom. The lowest BCUT2D eigenvalue weighted by molar-refractivity contribution is 0.0424. The molecule has 1 aliphatic rings. The third-order valence-electron chi connectivity index (χ3n) is 3.81. The first-order chi connectivity index (χ1) is 12.3. The Balaban J connectivity index is 1.59. The number of hydrogen-bond donors (Lipinski definition) is 2. The van der Waals surface area contributed by atoms with Crippen molar-refractivity contribution in [2.45, 2.75) is 32.8 Å². The third kappa shape index (κ3) is 8.23. The van der Waals surface area contributed by atoms with Crippen LogP contribution in [0.1, 0.15) is 25.3 Å². The molecule has 1 aliphatic heterocycles. The van der Waals surface area contributed by atoms with Gasteiger partial charge in [-0.05, 0) is 44.4 Å². The van der Waals surface area contributed by atoms with Crippen molar-refractivity contribution in [3.05, 3.63) is 29.8 Å². The molecular weight excluding hydrogens is 318 g/mol. The maximum Gasteiger partial charge on any atom is 0.191 e. The van der Waals surface area contributed by atoms with Crippen LogP contribution in [0, 0.1) is 6.92 Å². The minimum atomic E-state index is 0.272. The number of aliphatic imine (C=N–C) groups is 1. The van der Waals surface area contributed by atoms with Crippen molar-refractivity contribution in [3.63, 3.8) is 0 Å². The molecule has 1 saturated heterocycles. The molecule has 0 amide bonds. The minimum Gasteiger partial charge on any atom is -0.492 e. The Hall–Kier alpha value is -1.79. The molecular formula is C19H31N3O3. The maximum absolute atomic E-state index is 5.75. The van der Waals surface area contributed by atoms with Gasteiger partial charge >= 0.3 is 0 Å². The van der Waals surface area contributed by atoms with Crippen LogP contribution in [-0.2, 0) is 9.47 Å². The zero-order valence-corrected chi connectivity index (χ0v) is 15.4. The fourth-order valence-electron chi connectivity index (χ4n) is 2.53. The van der Waals surface area contributed by atoms with E-state index in [0.717, 1.165) is 57.5 Å². The number of ether oxygens (including phenoxy) is 3. The second-order valence-electron chi connectivity index (χ2n) is 6.06. The first-order valence-corrected chi connectivity index (χ1v) is 9.19. The van der Waals surface area contributed by atoms with Gasteiger partial charge < -0.3 is 24.8 Å². The molecule has 0 aliphatic carbocycles. The average Bonchev–Trinajstić information content (AvgIpc) is 3.12. The molecule has 1 unspecified atom stereocenters. The summed E-state index contributed by atoms with van der Waals surface area (Å²) in [5.74, 6) is 1.72. The summed E-state index contributed by atoms with van der Waals surface area (Å²) in [6.45, 7) is 9.27. The lowest BCUT2D eigenvalue weighted by atomic mass is 10.2. The van der Waals surface area contributed by atoms with Gasteiger partial charge in [-0.2, -0.15) is 0 Å². The average molecular weight is 349 g/mol. The van der Waals surface area contributed by atoms with Gasteiger partial charge in [0.15, 0.2) is 5.96 Å². The monoisotopic (exact) mass is 349 g/mol. The maximum atomic E-state index is 5.75. The largest absolute Gasteiger partial charge is 0.492 e. The molecule has 0 spiro atoms. The minimum absolute atomic E-state index is 0.272. The highest BCUT2D eigenvalue weighted by molar-refractivity contribution is 5.79. The molecule has 6 heteroatoms. The van der Waals surface area contributed by atoms with Gasteiger partial charge in [-0.1, -0.05) is 12.1 Å². The first kappa shape index (κ1) is 19.5. The molecule has 6 nitrogen and oxygen atoms in total. The number of guanidine groups is 1. The van der Waals surface area contributed by atoms with Crippen molar-refractivity contribution in [2.75, 3.05) is 46.1 Å². The Morgan fingerprint density at radius 2 is 2.24 bits per heavy atom. The normalized spacial score (nSPS) is 17.5. The predicted octanol–water partition coefficient (Wildman–Crippen LogP) is 2.12. The topological polar surface area (TPSA) is 64.1 Å². The van der Waals surface area contributed by atoms with E-state index in [1.165, 1.54) is 5.56 Å². The van der Waals surface area contributed by atoms with Crippen molar-refractivity contribution < 1.29 is 14.2 Å². The number of hydrogen-bond acceptors (Lipinski definition) is 4. The molecule has 0 radical (unpaired) electrons. The van der Waals surface area contributed by atoms with E-state index in [4.69, 9.17) is 14.2 Å². The van der Waals surface area contributed by atoms with Gasteiger partial charge in [-0.3, -0.25) is 4.99 Å². The number of rotatable bonds is 10. The van der Waals surface area contributed by atoms with Crippen LogP contribution in [0.25, 0.3) is 0 Å². The summed E-state index contributed by atoms with van der Waals surface area (Å²) in [6.07, 6.45) is 2.19. The van der Waals surface area contributed by atoms with Crippen LogP contribution in [0.4, 0.5) is 0 Å². The standard InChI is InChI=1S/C19H31N3O3/c1-3-20-19(21-9-5-11-24-18-8-12-23-15-18)22-10-13-25-17-7-4-6-16(2)14-17/h4,6-7,14,18H,3,5,8-13,15H2,1-2H3,(H2,20,21,22). The summed E-state index contributed by atoms with van der Waals surface area (Å²) in [5, 5.41) is 6.54. The van der Waals surface area contributed by atoms with Crippen molar-refractivity contribution in [2.24, 2.45) is 4.99 Å². The molecule has 0 bridgehead atoms. The van der Waals surface area contributed by atoms with Crippen LogP contribution in [0.5, 0.6) is 5.75 Å². The Morgan fingerprint density at radius 3 is 3.00 bits per heavy atom. The van der Waals surface area contributed by atoms with E-state index < -0.39 is 0 Å². The van der Waals surface area contributed by atoms with Gasteiger partial charge in [0.2, 0.25) is 0 Å². The van der Waals surface area contributed by atoms with E-state index in [9.17, 15) is 0 Å². The molecule has 2 rings (SSSR count). The van der Waals surface area contributed by atoms with E-state index in [1.807, 2.05) is 18.2 Å². The van der Waals surface area contributed by atoms with E-state index in [2.05, 4.69) is 35.5 Å². The quantitative estimate of drug-likeness (QED) is 0.385. The number of benzene rings is 1. The van der Waals surface area contributed by atoms with Gasteiger partial charge in [0.1, 0.15) is 12.4 Å². The summed E-state index contributed by atoms with van der Waals surface area (Å²) in [6, 6.07) is 8.07. The Kier molecular flexibility index (Phi) is 9.15. The van der Waals surface area contributed by atoms with Gasteiger partial charge in [0, 0.05) is 26.3 Å². The zero-order chi connectivity index (χ0) is 17.7. The van der Waals surface area contributed by atoms with Crippen LogP contribution in [-0.4, -0.2) is 58.1 Å². The fraction of sp³-hybridized carbons (Fsp3) is 0.632. The molecule has 0 saturated carbocycles. The predicted molar refractivity (Wildman–Crippen MR) is 100 cm³/mol. The van der Waals surface area contributed by atoms with Gasteiger partial charge in [0.25, 0.3) is 0 Å². The van der Waals surface area contributed by atoms with Gasteiger partial charge in [-0.15, -0.1) is 0 Å². The van der Waals surface area contributed by atoms with Gasteiger partial charge in [-0.25, -0.2) is 0 Å². The van der Waals surface area contributed by atoms with E-state index in [-0.39, 0.29) is 6.10 Å². The van der Waals surface area contributed by atoms with Crippen LogP contribution < -0.4 is 15.4 Å². The molecule has 2 N–H and O–H groups in total. The highest BCUT2D eigenvalue weighted by atomic mass is 16.5. The van der Waals surface area contributed by atoms with Crippen molar-refractivity contribution in [3.8, 4) is 5.75 Å². The second-order valence-corrected chi connectivity index (χ2v) is 6.06. The molecule has 1 heterocycles. The van der Waals surface area contributed by atoms with Crippen LogP contribution in [0.2, 0.25) is 0 Å². The highest BCUT2D eigenvalue weighted by Gasteiger charge is 2.15. The summed E-state index contributed by atoms with van der Waals surface area (Å²) in [5.41, 5.74) is 1.20. The summed E-state index contributed by atoms with van der Waals surface area (Å²) in [4.78, 5) is 4.56. The van der Waals surface area contributed by atoms with E-state index in [0.29, 0.717) is 13.2 Å². The smallest absolute Gasteiger partial charge is 0.191 e. The Bertz CT molecular complexity index is 516. The van der Waals surface area contributed by atoms with Crippen molar-refractivity contribution in [1.82, 2.24) is 10.6 Å². The molecule has 1 fully saturated rings. The molecule has 1 aromatic rings. The number of nitrogens with zero attached hydrogens (tertiary/aromatic N) is 1. The van der Waals surface area contributed by atoms with Crippen molar-refractivity contribution in [1.29, 1.82) is 0 Å². The molecule has 1 atom stereocenters. The molecule has 140 valence electrons. The number of aryl methyl sites for hydroxylation is 1. The SMILES string of the molecule is CCNC(=NCCCOC1CCOC1)NCCOc1cccc(C)c1. The zero-order valence-electron chi connectivity index (χ0n) is 15.4. The first-order valence-electron chi connectivity index (χ1n) is 9.19. The van der Waals surface area contributed by atoms with E-state index >= 15 is 0 Å². The van der Waals surface area contributed by atoms with E-state index in [1.54, 1.807) is 0 Å². The fourth-order valence-corrected chi connectivity index (χ4v) is 2.53. The highest BCUT2D eigenvalue weighted by Crippen LogP contribution is 2.11. The van der Waals surface area contributed by atoms with Gasteiger partial charge in [0.05, 0.1) is 19.3 Å². The Labute approximate surface area is 151 Å². The molecule has 0 aromatic heterocycles. The van der Waals surface area contributed by atoms with Crippen LogP contribution in [0.15, 0.2) is 29.3 Å². The third-order valence-corrected chi connectivity index (χ3v) is 3.81. The second kappa shape index (κ2) is 11.7. The number of nitrogens with one attached hydrogen (secondary N) is 2. The summed E-state index contributed by atoms with van der Waals surface area (Å²) in [7, 11) is 0. The molecule has 25 heavy (non-hydrogen) atoms. The lowest BCUT2D eigenvalue weighted by Gasteiger charge is -2.13. The summed E-state index contributed by atoms with van der Waals surface area (Å²) < 4.78 is 16.8. The van der Waals surface area contributed by atoms with Crippen LogP contribution in [0.3, 0.4) is 0 Å². The lowest BCUT2D eigenvalue weighted by Crippen LogP contribution is -2.39. The summed E-state index contributed by atoms with van der Waals surface area (Å²) >= 11 is 0. The molecule has 1 aromatic carbocycles. The van der Waals surface area contributed by atoms with Crippen LogP contribution >= 0.6 is 0 Å².